The standard InChI is InChI=1S/C20H16IN3/c21-19(22)15-7-3-1-5-11(15)13-10-18-14(9-17(13)19)12-6-2-4-8-16(12)20(18,23)24/h1-10H,22-24H2. The van der Waals surface area contributed by atoms with E-state index in [1.807, 2.05) is 30.3 Å². The van der Waals surface area contributed by atoms with Crippen LogP contribution in [0.3, 0.4) is 0 Å². The zero-order valence-electron chi connectivity index (χ0n) is 12.9. The van der Waals surface area contributed by atoms with Crippen LogP contribution in [0.15, 0.2) is 60.7 Å². The Morgan fingerprint density at radius 2 is 1.08 bits per heavy atom. The van der Waals surface area contributed by atoms with Gasteiger partial charge in [-0.3, -0.25) is 0 Å². The van der Waals surface area contributed by atoms with Gasteiger partial charge in [0.2, 0.25) is 0 Å². The Balaban J connectivity index is 1.88. The van der Waals surface area contributed by atoms with Gasteiger partial charge in [-0.25, -0.2) is 0 Å². The molecule has 0 aliphatic heterocycles. The highest BCUT2D eigenvalue weighted by molar-refractivity contribution is 14.1. The highest BCUT2D eigenvalue weighted by atomic mass is 127. The summed E-state index contributed by atoms with van der Waals surface area (Å²) in [4.78, 5) is 0. The third-order valence-corrected chi connectivity index (χ3v) is 6.43. The molecule has 3 aromatic carbocycles. The van der Waals surface area contributed by atoms with Crippen LogP contribution in [0.4, 0.5) is 0 Å². The molecule has 24 heavy (non-hydrogen) atoms. The Bertz CT molecular complexity index is 938. The maximum atomic E-state index is 6.71. The number of alkyl halides is 1. The molecule has 1 unspecified atom stereocenters. The molecule has 6 N–H and O–H groups in total. The molecule has 0 saturated carbocycles. The summed E-state index contributed by atoms with van der Waals surface area (Å²) in [6.45, 7) is 0. The topological polar surface area (TPSA) is 78.1 Å². The number of benzene rings is 3. The van der Waals surface area contributed by atoms with Gasteiger partial charge in [-0.05, 0) is 56.6 Å². The van der Waals surface area contributed by atoms with E-state index in [2.05, 4.69) is 52.9 Å². The molecule has 0 radical (unpaired) electrons. The lowest BCUT2D eigenvalue weighted by Gasteiger charge is -2.23. The highest BCUT2D eigenvalue weighted by Crippen LogP contribution is 2.54. The summed E-state index contributed by atoms with van der Waals surface area (Å²) >= 11 is 2.34. The summed E-state index contributed by atoms with van der Waals surface area (Å²) in [5.41, 5.74) is 27.5. The fourth-order valence-corrected chi connectivity index (χ4v) is 5.01. The van der Waals surface area contributed by atoms with Crippen LogP contribution in [0.1, 0.15) is 22.3 Å². The first-order valence-corrected chi connectivity index (χ1v) is 8.94. The first kappa shape index (κ1) is 14.6. The van der Waals surface area contributed by atoms with E-state index in [-0.39, 0.29) is 0 Å². The lowest BCUT2D eigenvalue weighted by Crippen LogP contribution is -2.45. The van der Waals surface area contributed by atoms with Crippen LogP contribution in [-0.2, 0) is 9.21 Å². The number of halogens is 1. The molecule has 118 valence electrons. The predicted molar refractivity (Wildman–Crippen MR) is 105 cm³/mol. The van der Waals surface area contributed by atoms with E-state index in [0.717, 1.165) is 38.9 Å². The largest absolute Gasteiger partial charge is 0.309 e. The van der Waals surface area contributed by atoms with Crippen molar-refractivity contribution in [2.24, 2.45) is 17.2 Å². The van der Waals surface area contributed by atoms with E-state index < -0.39 is 9.21 Å². The molecule has 1 atom stereocenters. The molecule has 0 amide bonds. The fourth-order valence-electron chi connectivity index (χ4n) is 4.09. The summed E-state index contributed by atoms with van der Waals surface area (Å²) in [7, 11) is 0. The minimum atomic E-state index is -0.971. The normalized spacial score (nSPS) is 21.8. The summed E-state index contributed by atoms with van der Waals surface area (Å²) in [6.07, 6.45) is 0. The molecule has 2 aliphatic rings. The van der Waals surface area contributed by atoms with Crippen molar-refractivity contribution in [3.63, 3.8) is 0 Å². The first-order chi connectivity index (χ1) is 11.4. The van der Waals surface area contributed by atoms with Gasteiger partial charge < -0.3 is 17.2 Å². The third-order valence-electron chi connectivity index (χ3n) is 5.27. The quantitative estimate of drug-likeness (QED) is 0.224. The molecule has 0 bridgehead atoms. The summed E-state index contributed by atoms with van der Waals surface area (Å²) < 4.78 is -0.540. The first-order valence-electron chi connectivity index (χ1n) is 7.86. The van der Waals surface area contributed by atoms with E-state index in [1.165, 1.54) is 5.56 Å². The Labute approximate surface area is 154 Å². The van der Waals surface area contributed by atoms with Crippen LogP contribution >= 0.6 is 22.6 Å². The van der Waals surface area contributed by atoms with Crippen LogP contribution in [0.25, 0.3) is 22.3 Å². The number of rotatable bonds is 0. The van der Waals surface area contributed by atoms with Gasteiger partial charge in [0.05, 0.1) is 0 Å². The molecule has 0 saturated heterocycles. The van der Waals surface area contributed by atoms with Gasteiger partial charge in [0.1, 0.15) is 9.21 Å². The smallest absolute Gasteiger partial charge is 0.120 e. The summed E-state index contributed by atoms with van der Waals surface area (Å²) in [6, 6.07) is 20.7. The van der Waals surface area contributed by atoms with Crippen molar-refractivity contribution in [1.82, 2.24) is 0 Å². The van der Waals surface area contributed by atoms with Gasteiger partial charge in [-0.2, -0.15) is 0 Å². The van der Waals surface area contributed by atoms with E-state index >= 15 is 0 Å². The van der Waals surface area contributed by atoms with Gasteiger partial charge in [0.25, 0.3) is 0 Å². The summed E-state index contributed by atoms with van der Waals surface area (Å²) in [5.74, 6) is 0. The second kappa shape index (κ2) is 4.46. The molecular weight excluding hydrogens is 409 g/mol. The zero-order valence-corrected chi connectivity index (χ0v) is 15.0. The molecule has 5 rings (SSSR count). The van der Waals surface area contributed by atoms with Crippen molar-refractivity contribution >= 4 is 22.6 Å². The predicted octanol–water partition coefficient (Wildman–Crippen LogP) is 3.36. The van der Waals surface area contributed by atoms with Crippen molar-refractivity contribution in [2.45, 2.75) is 9.21 Å². The van der Waals surface area contributed by atoms with Crippen LogP contribution in [-0.4, -0.2) is 0 Å². The average molecular weight is 425 g/mol. The second-order valence-electron chi connectivity index (χ2n) is 6.62. The molecule has 4 heteroatoms. The van der Waals surface area contributed by atoms with Crippen LogP contribution < -0.4 is 17.2 Å². The van der Waals surface area contributed by atoms with E-state index in [1.54, 1.807) is 0 Å². The Hall–Kier alpha value is -1.73. The van der Waals surface area contributed by atoms with Gasteiger partial charge in [-0.1, -0.05) is 71.1 Å². The van der Waals surface area contributed by atoms with Crippen molar-refractivity contribution in [1.29, 1.82) is 0 Å². The highest BCUT2D eigenvalue weighted by Gasteiger charge is 2.43. The molecule has 0 spiro atoms. The van der Waals surface area contributed by atoms with Crippen molar-refractivity contribution < 1.29 is 0 Å². The lowest BCUT2D eigenvalue weighted by molar-refractivity contribution is 0.584. The molecule has 3 nitrogen and oxygen atoms in total. The third kappa shape index (κ3) is 1.61. The molecular formula is C20H16IN3. The minimum Gasteiger partial charge on any atom is -0.309 e. The Morgan fingerprint density at radius 3 is 1.79 bits per heavy atom. The SMILES string of the molecule is NC1(N)c2ccccc2-c2cc3c(cc21)-c1ccccc1C3(N)I. The molecule has 0 heterocycles. The number of hydrogen-bond donors (Lipinski definition) is 3. The van der Waals surface area contributed by atoms with Gasteiger partial charge in [0.15, 0.2) is 0 Å². The van der Waals surface area contributed by atoms with Crippen LogP contribution in [0.5, 0.6) is 0 Å². The summed E-state index contributed by atoms with van der Waals surface area (Å²) in [5, 5.41) is 0. The Kier molecular flexibility index (Phi) is 2.71. The van der Waals surface area contributed by atoms with Gasteiger partial charge in [0, 0.05) is 0 Å². The van der Waals surface area contributed by atoms with Gasteiger partial charge in [-0.15, -0.1) is 0 Å². The van der Waals surface area contributed by atoms with Crippen LogP contribution in [0.2, 0.25) is 0 Å². The molecule has 3 aromatic rings. The van der Waals surface area contributed by atoms with Crippen molar-refractivity contribution in [3.8, 4) is 22.3 Å². The monoisotopic (exact) mass is 425 g/mol. The van der Waals surface area contributed by atoms with E-state index in [0.29, 0.717) is 0 Å². The number of nitrogens with two attached hydrogens (primary N) is 3. The number of fused-ring (bicyclic) bond motifs is 6. The maximum absolute atomic E-state index is 6.71. The van der Waals surface area contributed by atoms with Gasteiger partial charge >= 0.3 is 0 Å². The Morgan fingerprint density at radius 1 is 0.583 bits per heavy atom. The lowest BCUT2D eigenvalue weighted by atomic mass is 9.94. The van der Waals surface area contributed by atoms with E-state index in [4.69, 9.17) is 17.2 Å². The number of hydrogen-bond acceptors (Lipinski definition) is 3. The van der Waals surface area contributed by atoms with E-state index in [9.17, 15) is 0 Å². The minimum absolute atomic E-state index is 0.540. The van der Waals surface area contributed by atoms with Crippen LogP contribution in [0, 0.1) is 0 Å². The zero-order chi connectivity index (χ0) is 16.7. The van der Waals surface area contributed by atoms with Crippen molar-refractivity contribution in [2.75, 3.05) is 0 Å². The van der Waals surface area contributed by atoms with Crippen molar-refractivity contribution in [3.05, 3.63) is 82.9 Å². The molecule has 2 aliphatic carbocycles. The fraction of sp³-hybridized carbons (Fsp3) is 0.100. The maximum Gasteiger partial charge on any atom is 0.120 e. The second-order valence-corrected chi connectivity index (χ2v) is 8.32. The molecule has 0 fully saturated rings. The average Bonchev–Trinajstić information content (AvgIpc) is 2.95. The molecule has 0 aromatic heterocycles.